The van der Waals surface area contributed by atoms with Crippen LogP contribution in [-0.2, 0) is 11.3 Å². The maximum Gasteiger partial charge on any atom is 0.254 e. The molecule has 2 aromatic rings. The van der Waals surface area contributed by atoms with Crippen molar-refractivity contribution in [1.29, 1.82) is 0 Å². The summed E-state index contributed by atoms with van der Waals surface area (Å²) in [6, 6.07) is 16.8. The Morgan fingerprint density at radius 2 is 1.70 bits per heavy atom. The summed E-state index contributed by atoms with van der Waals surface area (Å²) in [7, 11) is 0. The van der Waals surface area contributed by atoms with Crippen LogP contribution in [0.4, 0.5) is 0 Å². The number of nitrogens with two attached hydrogens (primary N) is 1. The van der Waals surface area contributed by atoms with Gasteiger partial charge in [-0.15, -0.1) is 0 Å². The summed E-state index contributed by atoms with van der Waals surface area (Å²) in [4.78, 5) is 25.7. The molecule has 0 unspecified atom stereocenters. The van der Waals surface area contributed by atoms with Gasteiger partial charge < -0.3 is 15.4 Å². The van der Waals surface area contributed by atoms with Gasteiger partial charge in [0, 0.05) is 25.1 Å². The van der Waals surface area contributed by atoms with E-state index in [1.54, 1.807) is 17.0 Å². The molecule has 0 spiro atoms. The van der Waals surface area contributed by atoms with Crippen molar-refractivity contribution in [3.05, 3.63) is 65.7 Å². The van der Waals surface area contributed by atoms with Gasteiger partial charge in [0.2, 0.25) is 5.91 Å². The van der Waals surface area contributed by atoms with Gasteiger partial charge in [-0.05, 0) is 36.2 Å². The van der Waals surface area contributed by atoms with Gasteiger partial charge in [0.15, 0.2) is 0 Å². The number of ether oxygens (including phenoxy) is 1. The summed E-state index contributed by atoms with van der Waals surface area (Å²) in [5.74, 6) is 0.212. The maximum atomic E-state index is 12.9. The molecule has 0 fully saturated rings. The van der Waals surface area contributed by atoms with Gasteiger partial charge >= 0.3 is 0 Å². The molecule has 144 valence electrons. The fraction of sp³-hybridized carbons (Fsp3) is 0.364. The quantitative estimate of drug-likeness (QED) is 0.614. The first-order valence-electron chi connectivity index (χ1n) is 9.44. The standard InChI is InChI=1S/C22H28N2O3/c1-2-3-7-16-27-20-12-10-19(11-13-20)22(26)24(15-14-21(23)25)17-18-8-5-4-6-9-18/h4-6,8-13H,2-3,7,14-17H2,1H3,(H2,23,25). The summed E-state index contributed by atoms with van der Waals surface area (Å²) in [5.41, 5.74) is 6.84. The Labute approximate surface area is 161 Å². The molecule has 0 aromatic heterocycles. The third-order valence-corrected chi connectivity index (χ3v) is 4.25. The van der Waals surface area contributed by atoms with Crippen molar-refractivity contribution >= 4 is 11.8 Å². The van der Waals surface area contributed by atoms with E-state index in [1.165, 1.54) is 0 Å². The molecule has 0 aliphatic heterocycles. The maximum absolute atomic E-state index is 12.9. The molecule has 2 rings (SSSR count). The summed E-state index contributed by atoms with van der Waals surface area (Å²) >= 11 is 0. The van der Waals surface area contributed by atoms with E-state index in [1.807, 2.05) is 42.5 Å². The Balaban J connectivity index is 2.03. The highest BCUT2D eigenvalue weighted by Gasteiger charge is 2.17. The van der Waals surface area contributed by atoms with Crippen molar-refractivity contribution in [2.45, 2.75) is 39.2 Å². The fourth-order valence-electron chi connectivity index (χ4n) is 2.72. The van der Waals surface area contributed by atoms with E-state index in [0.29, 0.717) is 25.3 Å². The molecule has 2 amide bonds. The first-order valence-corrected chi connectivity index (χ1v) is 9.44. The largest absolute Gasteiger partial charge is 0.494 e. The molecule has 0 aliphatic carbocycles. The van der Waals surface area contributed by atoms with Gasteiger partial charge in [0.25, 0.3) is 5.91 Å². The van der Waals surface area contributed by atoms with E-state index in [2.05, 4.69) is 6.92 Å². The molecule has 27 heavy (non-hydrogen) atoms. The molecule has 2 N–H and O–H groups in total. The minimum Gasteiger partial charge on any atom is -0.494 e. The molecule has 0 bridgehead atoms. The average Bonchev–Trinajstić information content (AvgIpc) is 2.69. The number of rotatable bonds is 11. The number of carbonyl (C=O) groups excluding carboxylic acids is 2. The van der Waals surface area contributed by atoms with E-state index < -0.39 is 5.91 Å². The van der Waals surface area contributed by atoms with Gasteiger partial charge in [0.1, 0.15) is 5.75 Å². The molecule has 5 heteroatoms. The smallest absolute Gasteiger partial charge is 0.254 e. The lowest BCUT2D eigenvalue weighted by Crippen LogP contribution is -2.33. The summed E-state index contributed by atoms with van der Waals surface area (Å²) in [5, 5.41) is 0. The van der Waals surface area contributed by atoms with Crippen LogP contribution in [0.15, 0.2) is 54.6 Å². The lowest BCUT2D eigenvalue weighted by molar-refractivity contribution is -0.118. The third-order valence-electron chi connectivity index (χ3n) is 4.25. The highest BCUT2D eigenvalue weighted by molar-refractivity contribution is 5.94. The highest BCUT2D eigenvalue weighted by Crippen LogP contribution is 2.16. The number of amides is 2. The third kappa shape index (κ3) is 7.13. The number of unbranched alkanes of at least 4 members (excludes halogenated alkanes) is 2. The highest BCUT2D eigenvalue weighted by atomic mass is 16.5. The topological polar surface area (TPSA) is 72.6 Å². The van der Waals surface area contributed by atoms with Gasteiger partial charge in [0.05, 0.1) is 6.61 Å². The first kappa shape index (κ1) is 20.5. The van der Waals surface area contributed by atoms with Crippen LogP contribution >= 0.6 is 0 Å². The summed E-state index contributed by atoms with van der Waals surface area (Å²) in [6.07, 6.45) is 3.45. The van der Waals surface area contributed by atoms with E-state index >= 15 is 0 Å². The number of primary amides is 1. The molecule has 0 aliphatic rings. The van der Waals surface area contributed by atoms with E-state index in [0.717, 1.165) is 30.6 Å². The molecule has 2 aromatic carbocycles. The zero-order valence-corrected chi connectivity index (χ0v) is 15.9. The Morgan fingerprint density at radius 1 is 1.00 bits per heavy atom. The van der Waals surface area contributed by atoms with Crippen molar-refractivity contribution in [2.24, 2.45) is 5.73 Å². The van der Waals surface area contributed by atoms with Crippen LogP contribution in [0.5, 0.6) is 5.75 Å². The molecule has 0 atom stereocenters. The lowest BCUT2D eigenvalue weighted by Gasteiger charge is -2.22. The lowest BCUT2D eigenvalue weighted by atomic mass is 10.1. The Hall–Kier alpha value is -2.82. The van der Waals surface area contributed by atoms with Crippen molar-refractivity contribution < 1.29 is 14.3 Å². The zero-order chi connectivity index (χ0) is 19.5. The minimum absolute atomic E-state index is 0.127. The molecule has 0 saturated heterocycles. The molecule has 0 heterocycles. The Morgan fingerprint density at radius 3 is 2.33 bits per heavy atom. The Bertz CT molecular complexity index is 714. The minimum atomic E-state index is -0.420. The molecular weight excluding hydrogens is 340 g/mol. The van der Waals surface area contributed by atoms with Crippen molar-refractivity contribution in [3.63, 3.8) is 0 Å². The molecule has 5 nitrogen and oxygen atoms in total. The number of nitrogens with zero attached hydrogens (tertiary/aromatic N) is 1. The van der Waals surface area contributed by atoms with Gasteiger partial charge in [-0.2, -0.15) is 0 Å². The van der Waals surface area contributed by atoms with E-state index in [9.17, 15) is 9.59 Å². The van der Waals surface area contributed by atoms with Crippen molar-refractivity contribution in [3.8, 4) is 5.75 Å². The normalized spacial score (nSPS) is 10.4. The van der Waals surface area contributed by atoms with Crippen LogP contribution in [0.1, 0.15) is 48.5 Å². The number of hydrogen-bond donors (Lipinski definition) is 1. The fourth-order valence-corrected chi connectivity index (χ4v) is 2.72. The van der Waals surface area contributed by atoms with Gasteiger partial charge in [-0.3, -0.25) is 9.59 Å². The number of carbonyl (C=O) groups is 2. The van der Waals surface area contributed by atoms with Crippen LogP contribution in [0.2, 0.25) is 0 Å². The Kier molecular flexibility index (Phi) is 8.36. The predicted molar refractivity (Wildman–Crippen MR) is 106 cm³/mol. The van der Waals surface area contributed by atoms with Crippen molar-refractivity contribution in [1.82, 2.24) is 4.90 Å². The number of hydrogen-bond acceptors (Lipinski definition) is 3. The monoisotopic (exact) mass is 368 g/mol. The average molecular weight is 368 g/mol. The van der Waals surface area contributed by atoms with E-state index in [4.69, 9.17) is 10.5 Å². The summed E-state index contributed by atoms with van der Waals surface area (Å²) < 4.78 is 5.69. The molecule has 0 saturated carbocycles. The second-order valence-corrected chi connectivity index (χ2v) is 6.51. The second kappa shape index (κ2) is 11.0. The first-order chi connectivity index (χ1) is 13.1. The van der Waals surface area contributed by atoms with Crippen LogP contribution < -0.4 is 10.5 Å². The SMILES string of the molecule is CCCCCOc1ccc(C(=O)N(CCC(N)=O)Cc2ccccc2)cc1. The van der Waals surface area contributed by atoms with Crippen LogP contribution in [0.3, 0.4) is 0 Å². The summed E-state index contributed by atoms with van der Waals surface area (Å²) in [6.45, 7) is 3.56. The van der Waals surface area contributed by atoms with Crippen LogP contribution in [-0.4, -0.2) is 29.9 Å². The van der Waals surface area contributed by atoms with Gasteiger partial charge in [-0.25, -0.2) is 0 Å². The molecular formula is C22H28N2O3. The van der Waals surface area contributed by atoms with Crippen LogP contribution in [0, 0.1) is 0 Å². The predicted octanol–water partition coefficient (Wildman–Crippen LogP) is 3.77. The van der Waals surface area contributed by atoms with Crippen LogP contribution in [0.25, 0.3) is 0 Å². The van der Waals surface area contributed by atoms with Gasteiger partial charge in [-0.1, -0.05) is 50.1 Å². The number of benzene rings is 2. The zero-order valence-electron chi connectivity index (χ0n) is 15.9. The van der Waals surface area contributed by atoms with Crippen molar-refractivity contribution in [2.75, 3.05) is 13.2 Å². The van der Waals surface area contributed by atoms with E-state index in [-0.39, 0.29) is 12.3 Å². The second-order valence-electron chi connectivity index (χ2n) is 6.51. The molecule has 0 radical (unpaired) electrons.